The molecule has 6 unspecified atom stereocenters. The van der Waals surface area contributed by atoms with Gasteiger partial charge in [-0.1, -0.05) is 37.9 Å². The number of hydrogen-bond donors (Lipinski definition) is 3. The Bertz CT molecular complexity index is 2390. The molecular formula is C25H38N16O16P4-4. The summed E-state index contributed by atoms with van der Waals surface area (Å²) in [6.45, 7) is 6.76. The Labute approximate surface area is 343 Å². The van der Waals surface area contributed by atoms with Gasteiger partial charge in [0, 0.05) is 29.8 Å². The zero-order valence-corrected chi connectivity index (χ0v) is 36.0. The zero-order valence-electron chi connectivity index (χ0n) is 32.4. The molecule has 338 valence electrons. The van der Waals surface area contributed by atoms with Gasteiger partial charge in [-0.3, -0.25) is 27.4 Å². The highest BCUT2D eigenvalue weighted by Crippen LogP contribution is 2.61. The fraction of sp³-hybridized carbons (Fsp3) is 0.600. The Morgan fingerprint density at radius 3 is 1.52 bits per heavy atom. The Hall–Kier alpha value is -4.24. The minimum Gasteiger partial charge on any atom is -0.756 e. The number of rotatable bonds is 15. The highest BCUT2D eigenvalue weighted by Gasteiger charge is 2.39. The van der Waals surface area contributed by atoms with E-state index in [9.17, 15) is 37.8 Å². The lowest BCUT2D eigenvalue weighted by Crippen LogP contribution is -2.26. The first kappa shape index (κ1) is 51.1. The number of aromatic nitrogens is 8. The van der Waals surface area contributed by atoms with E-state index in [4.69, 9.17) is 41.4 Å². The van der Waals surface area contributed by atoms with Crippen LogP contribution in [0.4, 0.5) is 11.6 Å². The van der Waals surface area contributed by atoms with Crippen molar-refractivity contribution in [1.82, 2.24) is 39.0 Å². The number of ether oxygens (including phenoxy) is 2. The van der Waals surface area contributed by atoms with Gasteiger partial charge in [0.2, 0.25) is 0 Å². The lowest BCUT2D eigenvalue weighted by atomic mass is 10.1. The van der Waals surface area contributed by atoms with E-state index in [1.54, 1.807) is 4.57 Å². The standard InChI is InChI=1S/C11H15N8O5P.C10H15N8O11P3.2C2H6/c1-22-25(20,21)23-3-7-6(17-18-13)2-8(24-7)19-5-16-9-10(12)14-4-15-11(9)19;11-9-8-10(14-3-13-9)18(4-15-8)7-1-5(16-17-12)6(27-7)2-26-31(22,23)29-32(24,25)28-30(19,20)21;2*1-2/h4-8H,2-3H2,1H3,(H,20,21)(H2,12,14,15);3-7H,1-2H2,(H,22,23)(H,24,25)(H2,11,13,14)(H2,19,20,21);2*1-2H3/p-4/t6?,7-,8-;5?,6-,7-;;/m11../s1. The van der Waals surface area contributed by atoms with Crippen LogP contribution in [0.25, 0.3) is 43.2 Å². The molecule has 6 rings (SSSR count). The largest absolute Gasteiger partial charge is 0.756 e. The maximum Gasteiger partial charge on any atom is 0.280 e. The Balaban J connectivity index is 0.000000308. The number of nitrogens with two attached hydrogens (primary N) is 2. The minimum atomic E-state index is -6.05. The second-order valence-electron chi connectivity index (χ2n) is 11.2. The summed E-state index contributed by atoms with van der Waals surface area (Å²) >= 11 is 0. The maximum absolute atomic E-state index is 11.7. The van der Waals surface area contributed by atoms with Gasteiger partial charge in [-0.2, -0.15) is 0 Å². The third kappa shape index (κ3) is 14.1. The average Bonchev–Trinajstić information content (AvgIpc) is 4.00. The molecule has 6 heterocycles. The summed E-state index contributed by atoms with van der Waals surface area (Å²) < 4.78 is 79.2. The van der Waals surface area contributed by atoms with Crippen molar-refractivity contribution >= 4 is 65.3 Å². The summed E-state index contributed by atoms with van der Waals surface area (Å²) in [6, 6.07) is -1.61. The van der Waals surface area contributed by atoms with E-state index in [1.165, 1.54) is 29.9 Å². The molecular weight excluding hydrogens is 904 g/mol. The van der Waals surface area contributed by atoms with E-state index in [0.717, 1.165) is 7.11 Å². The van der Waals surface area contributed by atoms with Crippen LogP contribution in [0, 0.1) is 0 Å². The van der Waals surface area contributed by atoms with Crippen molar-refractivity contribution in [2.75, 3.05) is 31.8 Å². The van der Waals surface area contributed by atoms with Crippen LogP contribution in [-0.4, -0.2) is 88.5 Å². The molecule has 2 saturated heterocycles. The molecule has 32 nitrogen and oxygen atoms in total. The predicted octanol–water partition coefficient (Wildman–Crippen LogP) is 1.38. The lowest BCUT2D eigenvalue weighted by molar-refractivity contribution is -0.250. The van der Waals surface area contributed by atoms with E-state index in [0.29, 0.717) is 11.2 Å². The molecule has 0 amide bonds. The summed E-state index contributed by atoms with van der Waals surface area (Å²) in [5.74, 6) is 0.318. The van der Waals surface area contributed by atoms with Crippen LogP contribution in [-0.2, 0) is 49.9 Å². The molecule has 2 fully saturated rings. The van der Waals surface area contributed by atoms with Crippen molar-refractivity contribution in [2.24, 2.45) is 10.2 Å². The average molecular weight is 943 g/mol. The monoisotopic (exact) mass is 942 g/mol. The number of anilines is 2. The van der Waals surface area contributed by atoms with Crippen LogP contribution in [0.3, 0.4) is 0 Å². The molecule has 36 heteroatoms. The highest BCUT2D eigenvalue weighted by atomic mass is 31.3. The molecule has 4 aromatic heterocycles. The molecule has 61 heavy (non-hydrogen) atoms. The van der Waals surface area contributed by atoms with Crippen LogP contribution >= 0.6 is 31.3 Å². The summed E-state index contributed by atoms with van der Waals surface area (Å²) in [5, 5.41) is 7.13. The van der Waals surface area contributed by atoms with E-state index in [2.05, 4.69) is 67.6 Å². The Morgan fingerprint density at radius 1 is 0.738 bits per heavy atom. The number of phosphoric ester groups is 2. The fourth-order valence-electron chi connectivity index (χ4n) is 5.28. The number of nitrogen functional groups attached to an aromatic ring is 2. The van der Waals surface area contributed by atoms with Gasteiger partial charge in [0.25, 0.3) is 31.3 Å². The third-order valence-corrected chi connectivity index (χ3v) is 12.2. The summed E-state index contributed by atoms with van der Waals surface area (Å²) in [4.78, 5) is 82.5. The second kappa shape index (κ2) is 22.2. The fourth-order valence-corrected chi connectivity index (χ4v) is 8.61. The molecule has 0 radical (unpaired) electrons. The van der Waals surface area contributed by atoms with E-state index in [-0.39, 0.29) is 42.2 Å². The first-order chi connectivity index (χ1) is 28.7. The third-order valence-electron chi connectivity index (χ3n) is 7.62. The van der Waals surface area contributed by atoms with Crippen LogP contribution < -0.4 is 31.0 Å². The van der Waals surface area contributed by atoms with Gasteiger partial charge >= 0.3 is 0 Å². The van der Waals surface area contributed by atoms with Crippen molar-refractivity contribution in [3.05, 3.63) is 46.2 Å². The molecule has 4 aromatic rings. The molecule has 10 atom stereocenters. The number of imidazole rings is 2. The van der Waals surface area contributed by atoms with Crippen molar-refractivity contribution in [3.8, 4) is 0 Å². The SMILES string of the molecule is CC.CC.COP(=O)([O-])OC[C@H]1O[C@@H](n2cnc3c(N)ncnc32)CC1N=[N+]=[N-].[N-]=[N+]=NC1C[C@H](n2cnc3c(N)ncnc32)O[C@@H]1COP(=O)([O-])OP(=O)([O-])OP(=O)([O-])O. The predicted molar refractivity (Wildman–Crippen MR) is 199 cm³/mol. The highest BCUT2D eigenvalue weighted by molar-refractivity contribution is 7.65. The van der Waals surface area contributed by atoms with Crippen LogP contribution in [0.2, 0.25) is 0 Å². The van der Waals surface area contributed by atoms with Crippen LogP contribution in [0.15, 0.2) is 35.5 Å². The number of phosphoric acid groups is 4. The molecule has 5 N–H and O–H groups in total. The number of hydrogen-bond acceptors (Lipinski definition) is 25. The molecule has 0 aliphatic carbocycles. The van der Waals surface area contributed by atoms with Crippen LogP contribution in [0.1, 0.15) is 53.0 Å². The number of fused-ring (bicyclic) bond motifs is 2. The molecule has 0 aromatic carbocycles. The van der Waals surface area contributed by atoms with Crippen molar-refractivity contribution in [1.29, 1.82) is 0 Å². The second-order valence-corrected chi connectivity index (χ2v) is 17.0. The van der Waals surface area contributed by atoms with Gasteiger partial charge in [-0.15, -0.1) is 0 Å². The zero-order chi connectivity index (χ0) is 45.8. The van der Waals surface area contributed by atoms with E-state index >= 15 is 0 Å². The first-order valence-electron chi connectivity index (χ1n) is 17.2. The smallest absolute Gasteiger partial charge is 0.280 e. The minimum absolute atomic E-state index is 0.0184. The van der Waals surface area contributed by atoms with Gasteiger partial charge in [0.1, 0.15) is 36.1 Å². The van der Waals surface area contributed by atoms with Gasteiger partial charge in [0.15, 0.2) is 22.9 Å². The van der Waals surface area contributed by atoms with Gasteiger partial charge in [0.05, 0.1) is 50.2 Å². The van der Waals surface area contributed by atoms with Crippen LogP contribution in [0.5, 0.6) is 0 Å². The van der Waals surface area contributed by atoms with E-state index in [1.807, 2.05) is 27.7 Å². The molecule has 2 aliphatic rings. The number of nitrogens with zero attached hydrogens (tertiary/aromatic N) is 14. The summed E-state index contributed by atoms with van der Waals surface area (Å²) in [6.07, 6.45) is 2.12. The molecule has 0 bridgehead atoms. The molecule has 2 aliphatic heterocycles. The molecule has 0 spiro atoms. The van der Waals surface area contributed by atoms with E-state index < -0.39 is 74.6 Å². The lowest BCUT2D eigenvalue weighted by Gasteiger charge is -2.33. The van der Waals surface area contributed by atoms with Crippen molar-refractivity contribution in [3.63, 3.8) is 0 Å². The van der Waals surface area contributed by atoms with Gasteiger partial charge in [-0.25, -0.2) is 38.5 Å². The normalized spacial score (nSPS) is 24.7. The maximum atomic E-state index is 11.7. The van der Waals surface area contributed by atoms with Gasteiger partial charge in [-0.05, 0) is 11.1 Å². The molecule has 0 saturated carbocycles. The van der Waals surface area contributed by atoms with Gasteiger partial charge < -0.3 is 59.0 Å². The van der Waals surface area contributed by atoms with Crippen molar-refractivity contribution in [2.45, 2.75) is 77.3 Å². The Kier molecular flexibility index (Phi) is 18.6. The first-order valence-corrected chi connectivity index (χ1v) is 23.1. The topological polar surface area (TPSA) is 482 Å². The quantitative estimate of drug-likeness (QED) is 0.0655. The summed E-state index contributed by atoms with van der Waals surface area (Å²) in [7, 11) is -21.1. The summed E-state index contributed by atoms with van der Waals surface area (Å²) in [5.41, 5.74) is 30.3. The Morgan fingerprint density at radius 2 is 1.15 bits per heavy atom. The number of azide groups is 2. The van der Waals surface area contributed by atoms with Crippen molar-refractivity contribution < 1.29 is 74.4 Å².